The normalized spacial score (nSPS) is 23.4. The Morgan fingerprint density at radius 1 is 1.07 bits per heavy atom. The molecule has 3 aliphatic heterocycles. The number of alkyl halides is 1. The summed E-state index contributed by atoms with van der Waals surface area (Å²) in [6.07, 6.45) is 5.60. The van der Waals surface area contributed by atoms with E-state index in [1.54, 1.807) is 37.9 Å². The molecule has 11 nitrogen and oxygen atoms in total. The smallest absolute Gasteiger partial charge is 0.259 e. The summed E-state index contributed by atoms with van der Waals surface area (Å²) < 4.78 is 27.5. The number of ether oxygens (including phenoxy) is 2. The molecule has 3 aliphatic rings. The van der Waals surface area contributed by atoms with Gasteiger partial charge in [-0.1, -0.05) is 89.9 Å². The highest BCUT2D eigenvalue weighted by Gasteiger charge is 2.46. The zero-order valence-corrected chi connectivity index (χ0v) is 36.5. The first kappa shape index (κ1) is 46.4. The second kappa shape index (κ2) is 21.7. The van der Waals surface area contributed by atoms with Crippen LogP contribution in [0, 0.1) is 17.8 Å². The third kappa shape index (κ3) is 11.5. The molecule has 9 atom stereocenters. The molecule has 9 unspecified atom stereocenters. The predicted octanol–water partition coefficient (Wildman–Crippen LogP) is 5.79. The summed E-state index contributed by atoms with van der Waals surface area (Å²) >= 11 is 1.68. The van der Waals surface area contributed by atoms with Gasteiger partial charge in [0.15, 0.2) is 0 Å². The Morgan fingerprint density at radius 2 is 1.79 bits per heavy atom. The van der Waals surface area contributed by atoms with E-state index in [0.717, 1.165) is 24.8 Å². The Morgan fingerprint density at radius 3 is 2.39 bits per heavy atom. The first-order chi connectivity index (χ1) is 27.2. The average Bonchev–Trinajstić information content (AvgIpc) is 3.89. The molecule has 0 aromatic heterocycles. The number of amides is 4. The number of thioether (sulfide) groups is 1. The molecule has 2 saturated heterocycles. The molecule has 4 amide bonds. The molecule has 3 N–H and O–H groups in total. The van der Waals surface area contributed by atoms with Crippen LogP contribution in [0.4, 0.5) is 4.39 Å². The number of nitrogens with zero attached hydrogens (tertiary/aromatic N) is 2. The molecule has 1 aromatic rings. The molecule has 4 rings (SSSR count). The average molecular weight is 814 g/mol. The van der Waals surface area contributed by atoms with Gasteiger partial charge in [-0.25, -0.2) is 4.39 Å². The number of halogens is 1. The van der Waals surface area contributed by atoms with Gasteiger partial charge in [0.25, 0.3) is 5.91 Å². The zero-order chi connectivity index (χ0) is 41.9. The fourth-order valence-electron chi connectivity index (χ4n) is 8.67. The number of carbonyl (C=O) groups excluding carboxylic acids is 4. The highest BCUT2D eigenvalue weighted by molar-refractivity contribution is 8.05. The number of hydrogen-bond acceptors (Lipinski definition) is 8. The van der Waals surface area contributed by atoms with Gasteiger partial charge in [0.1, 0.15) is 6.04 Å². The molecule has 0 bridgehead atoms. The quantitative estimate of drug-likeness (QED) is 0.151. The second-order valence-electron chi connectivity index (χ2n) is 16.4. The first-order valence-corrected chi connectivity index (χ1v) is 21.8. The lowest BCUT2D eigenvalue weighted by Gasteiger charge is -2.41. The topological polar surface area (TPSA) is 129 Å². The Bertz CT molecular complexity index is 1570. The lowest BCUT2D eigenvalue weighted by molar-refractivity contribution is -0.148. The SMILES string of the molecule is CCC1=C(C(Cc2ccccc2)NC(=O)C(C)C(OC)C2CCCN2C(=O)CC(OC)C(C(C)CC)N(C)C(=O)C(NC(=O)C2(F)CCNC2)C(C)C)SC=CC1. The number of benzene rings is 1. The molecular formula is C44H68FN5O6S. The minimum Gasteiger partial charge on any atom is -0.379 e. The molecule has 57 heavy (non-hydrogen) atoms. The number of allylic oxidation sites excluding steroid dienone is 2. The Kier molecular flexibility index (Phi) is 17.6. The van der Waals surface area contributed by atoms with E-state index in [1.807, 2.05) is 57.7 Å². The van der Waals surface area contributed by atoms with Gasteiger partial charge in [-0.05, 0) is 61.5 Å². The highest BCUT2D eigenvalue weighted by atomic mass is 32.2. The molecule has 1 aromatic carbocycles. The summed E-state index contributed by atoms with van der Waals surface area (Å²) in [5.41, 5.74) is 0.391. The van der Waals surface area contributed by atoms with E-state index in [2.05, 4.69) is 46.5 Å². The van der Waals surface area contributed by atoms with Gasteiger partial charge >= 0.3 is 0 Å². The summed E-state index contributed by atoms with van der Waals surface area (Å²) in [5, 5.41) is 11.1. The molecule has 0 saturated carbocycles. The van der Waals surface area contributed by atoms with Crippen LogP contribution in [0.3, 0.4) is 0 Å². The van der Waals surface area contributed by atoms with Crippen LogP contribution in [0.2, 0.25) is 0 Å². The van der Waals surface area contributed by atoms with Crippen LogP contribution in [-0.2, 0) is 35.1 Å². The van der Waals surface area contributed by atoms with Crippen LogP contribution in [0.15, 0.2) is 52.3 Å². The Balaban J connectivity index is 1.50. The number of carbonyl (C=O) groups is 4. The number of hydrogen-bond donors (Lipinski definition) is 3. The monoisotopic (exact) mass is 813 g/mol. The maximum atomic E-state index is 15.4. The molecular weight excluding hydrogens is 746 g/mol. The van der Waals surface area contributed by atoms with Crippen LogP contribution in [0.25, 0.3) is 0 Å². The standard InChI is InChI=1S/C44H68FN5O6S/c1-10-29(5)38(49(7)42(53)37(28(3)4)48-43(54)44(45)21-22-46-27-44)35(55-8)26-36(51)50-23-15-20-34(50)39(56-9)30(6)41(52)47-33(25-31-17-13-12-14-18-31)40-32(11-2)19-16-24-57-40/h12-14,16-18,24,28-30,33-35,37-39,46H,10-11,15,19-23,25-27H2,1-9H3,(H,47,52)(H,48,54). The van der Waals surface area contributed by atoms with Gasteiger partial charge in [0.2, 0.25) is 23.4 Å². The third-order valence-electron chi connectivity index (χ3n) is 12.3. The van der Waals surface area contributed by atoms with Crippen LogP contribution in [0.5, 0.6) is 0 Å². The summed E-state index contributed by atoms with van der Waals surface area (Å²) in [6, 6.07) is 8.19. The first-order valence-electron chi connectivity index (χ1n) is 20.9. The van der Waals surface area contributed by atoms with Crippen molar-refractivity contribution in [2.24, 2.45) is 17.8 Å². The Hall–Kier alpha value is -3.26. The molecule has 0 aliphatic carbocycles. The van der Waals surface area contributed by atoms with Crippen LogP contribution >= 0.6 is 11.8 Å². The van der Waals surface area contributed by atoms with Gasteiger partial charge in [-0.2, -0.15) is 0 Å². The lowest BCUT2D eigenvalue weighted by atomic mass is 9.89. The number of methoxy groups -OCH3 is 2. The van der Waals surface area contributed by atoms with Gasteiger partial charge in [0.05, 0.1) is 42.7 Å². The van der Waals surface area contributed by atoms with Crippen molar-refractivity contribution < 1.29 is 33.0 Å². The summed E-state index contributed by atoms with van der Waals surface area (Å²) in [4.78, 5) is 60.3. The number of rotatable bonds is 20. The van der Waals surface area contributed by atoms with E-state index >= 15 is 4.39 Å². The molecule has 3 heterocycles. The van der Waals surface area contributed by atoms with Crippen molar-refractivity contribution in [3.8, 4) is 0 Å². The zero-order valence-electron chi connectivity index (χ0n) is 35.6. The van der Waals surface area contributed by atoms with E-state index in [4.69, 9.17) is 9.47 Å². The largest absolute Gasteiger partial charge is 0.379 e. The fourth-order valence-corrected chi connectivity index (χ4v) is 9.71. The van der Waals surface area contributed by atoms with Crippen molar-refractivity contribution in [3.63, 3.8) is 0 Å². The van der Waals surface area contributed by atoms with E-state index < -0.39 is 41.8 Å². The van der Waals surface area contributed by atoms with Gasteiger partial charge < -0.3 is 35.2 Å². The van der Waals surface area contributed by atoms with Crippen molar-refractivity contribution >= 4 is 35.4 Å². The Labute approximate surface area is 344 Å². The van der Waals surface area contributed by atoms with E-state index in [-0.39, 0.29) is 61.0 Å². The van der Waals surface area contributed by atoms with Crippen molar-refractivity contribution in [1.82, 2.24) is 25.8 Å². The summed E-state index contributed by atoms with van der Waals surface area (Å²) in [5.74, 6) is -2.34. The predicted molar refractivity (Wildman–Crippen MR) is 225 cm³/mol. The lowest BCUT2D eigenvalue weighted by Crippen LogP contribution is -2.59. The summed E-state index contributed by atoms with van der Waals surface area (Å²) in [7, 11) is 4.82. The van der Waals surface area contributed by atoms with E-state index in [0.29, 0.717) is 32.4 Å². The van der Waals surface area contributed by atoms with Crippen molar-refractivity contribution in [3.05, 3.63) is 57.9 Å². The fraction of sp³-hybridized carbons (Fsp3) is 0.682. The maximum Gasteiger partial charge on any atom is 0.259 e. The molecule has 0 radical (unpaired) electrons. The number of likely N-dealkylation sites (tertiary alicyclic amines) is 1. The minimum absolute atomic E-state index is 0.00639. The van der Waals surface area contributed by atoms with Crippen LogP contribution < -0.4 is 16.0 Å². The van der Waals surface area contributed by atoms with Crippen LogP contribution in [-0.4, -0.2) is 116 Å². The third-order valence-corrected chi connectivity index (χ3v) is 13.5. The highest BCUT2D eigenvalue weighted by Crippen LogP contribution is 2.35. The molecule has 2 fully saturated rings. The van der Waals surface area contributed by atoms with Crippen molar-refractivity contribution in [2.75, 3.05) is 40.9 Å². The van der Waals surface area contributed by atoms with E-state index in [1.165, 1.54) is 10.5 Å². The molecule has 13 heteroatoms. The number of likely N-dealkylation sites (N-methyl/N-ethyl adjacent to an activating group) is 1. The molecule has 318 valence electrons. The van der Waals surface area contributed by atoms with E-state index in [9.17, 15) is 19.2 Å². The van der Waals surface area contributed by atoms with Crippen molar-refractivity contribution in [1.29, 1.82) is 0 Å². The summed E-state index contributed by atoms with van der Waals surface area (Å²) in [6.45, 7) is 12.5. The minimum atomic E-state index is -2.07. The van der Waals surface area contributed by atoms with Crippen molar-refractivity contribution in [2.45, 2.75) is 135 Å². The van der Waals surface area contributed by atoms with Crippen LogP contribution in [0.1, 0.15) is 92.1 Å². The maximum absolute atomic E-state index is 15.4. The van der Waals surface area contributed by atoms with Gasteiger partial charge in [-0.15, -0.1) is 11.8 Å². The molecule has 0 spiro atoms. The number of nitrogens with one attached hydrogen (secondary N) is 3. The second-order valence-corrected chi connectivity index (χ2v) is 17.4. The van der Waals surface area contributed by atoms with Gasteiger partial charge in [-0.3, -0.25) is 19.2 Å². The van der Waals surface area contributed by atoms with Gasteiger partial charge in [0, 0.05) is 45.7 Å².